The van der Waals surface area contributed by atoms with E-state index in [-0.39, 0.29) is 0 Å². The van der Waals surface area contributed by atoms with E-state index in [0.717, 1.165) is 26.3 Å². The molecule has 0 bridgehead atoms. The number of hydrogen-bond donors (Lipinski definition) is 1. The van der Waals surface area contributed by atoms with E-state index in [1.807, 2.05) is 0 Å². The fourth-order valence-electron chi connectivity index (χ4n) is 2.31. The molecule has 0 saturated heterocycles. The van der Waals surface area contributed by atoms with E-state index in [4.69, 9.17) is 4.74 Å². The number of ether oxygens (including phenoxy) is 1. The van der Waals surface area contributed by atoms with Gasteiger partial charge >= 0.3 is 0 Å². The molecule has 1 aromatic carbocycles. The Labute approximate surface area is 124 Å². The Hall–Kier alpha value is -0.860. The molecule has 20 heavy (non-hydrogen) atoms. The van der Waals surface area contributed by atoms with Crippen molar-refractivity contribution in [3.8, 4) is 0 Å². The molecule has 1 aromatic rings. The third-order valence-electron chi connectivity index (χ3n) is 3.43. The van der Waals surface area contributed by atoms with Gasteiger partial charge in [-0.15, -0.1) is 0 Å². The van der Waals surface area contributed by atoms with Crippen LogP contribution in [0.5, 0.6) is 0 Å². The third kappa shape index (κ3) is 7.06. The van der Waals surface area contributed by atoms with E-state index >= 15 is 0 Å². The molecule has 0 radical (unpaired) electrons. The first-order valence-electron chi connectivity index (χ1n) is 7.98. The molecule has 1 N–H and O–H groups in total. The van der Waals surface area contributed by atoms with Crippen molar-refractivity contribution >= 4 is 0 Å². The van der Waals surface area contributed by atoms with Crippen LogP contribution in [-0.4, -0.2) is 13.2 Å². The average molecular weight is 277 g/mol. The van der Waals surface area contributed by atoms with Crippen LogP contribution in [0.3, 0.4) is 0 Å². The Morgan fingerprint density at radius 2 is 1.80 bits per heavy atom. The van der Waals surface area contributed by atoms with Gasteiger partial charge in [-0.05, 0) is 35.9 Å². The maximum atomic E-state index is 5.87. The molecule has 0 heterocycles. The molecular weight excluding hydrogens is 246 g/mol. The molecule has 0 aliphatic rings. The highest BCUT2D eigenvalue weighted by Crippen LogP contribution is 2.12. The quantitative estimate of drug-likeness (QED) is 0.685. The number of benzene rings is 1. The van der Waals surface area contributed by atoms with Gasteiger partial charge in [-0.1, -0.05) is 58.4 Å². The summed E-state index contributed by atoms with van der Waals surface area (Å²) in [4.78, 5) is 0. The lowest BCUT2D eigenvalue weighted by Gasteiger charge is -2.14. The van der Waals surface area contributed by atoms with E-state index in [1.54, 1.807) is 0 Å². The lowest BCUT2D eigenvalue weighted by molar-refractivity contribution is 0.0888. The minimum atomic E-state index is 0.659. The summed E-state index contributed by atoms with van der Waals surface area (Å²) in [6, 6.07) is 8.58. The van der Waals surface area contributed by atoms with E-state index in [1.165, 1.54) is 24.0 Å². The Bertz CT molecular complexity index is 362. The monoisotopic (exact) mass is 277 g/mol. The van der Waals surface area contributed by atoms with Crippen molar-refractivity contribution in [2.45, 2.75) is 53.7 Å². The van der Waals surface area contributed by atoms with Gasteiger partial charge in [-0.3, -0.25) is 0 Å². The number of nitrogens with one attached hydrogen (secondary N) is 1. The van der Waals surface area contributed by atoms with Gasteiger partial charge in [0.25, 0.3) is 0 Å². The van der Waals surface area contributed by atoms with E-state index in [0.29, 0.717) is 11.8 Å². The summed E-state index contributed by atoms with van der Waals surface area (Å²) < 4.78 is 5.87. The van der Waals surface area contributed by atoms with Crippen LogP contribution in [0.4, 0.5) is 0 Å². The highest BCUT2D eigenvalue weighted by Gasteiger charge is 2.04. The lowest BCUT2D eigenvalue weighted by atomic mass is 10.1. The van der Waals surface area contributed by atoms with Crippen LogP contribution >= 0.6 is 0 Å². The van der Waals surface area contributed by atoms with Crippen LogP contribution < -0.4 is 5.32 Å². The van der Waals surface area contributed by atoms with Crippen LogP contribution in [0.2, 0.25) is 0 Å². The fourth-order valence-corrected chi connectivity index (χ4v) is 2.31. The standard InChI is InChI=1S/C18H31NO/c1-5-8-16(4)13-20-14-18-10-7-6-9-17(18)12-19-11-15(2)3/h6-7,9-10,15-16,19H,5,8,11-14H2,1-4H3. The summed E-state index contributed by atoms with van der Waals surface area (Å²) in [6.45, 7) is 12.5. The van der Waals surface area contributed by atoms with Crippen molar-refractivity contribution in [1.29, 1.82) is 0 Å². The van der Waals surface area contributed by atoms with Crippen molar-refractivity contribution in [1.82, 2.24) is 5.32 Å². The van der Waals surface area contributed by atoms with Crippen molar-refractivity contribution in [3.05, 3.63) is 35.4 Å². The zero-order chi connectivity index (χ0) is 14.8. The Kier molecular flexibility index (Phi) is 8.56. The molecular formula is C18H31NO. The maximum absolute atomic E-state index is 5.87. The van der Waals surface area contributed by atoms with Crippen molar-refractivity contribution in [2.24, 2.45) is 11.8 Å². The second-order valence-corrected chi connectivity index (χ2v) is 6.20. The molecule has 2 nitrogen and oxygen atoms in total. The molecule has 0 aromatic heterocycles. The van der Waals surface area contributed by atoms with Crippen LogP contribution in [0.1, 0.15) is 51.7 Å². The minimum absolute atomic E-state index is 0.659. The first-order chi connectivity index (χ1) is 9.63. The molecule has 1 unspecified atom stereocenters. The first kappa shape index (κ1) is 17.2. The molecule has 0 amide bonds. The summed E-state index contributed by atoms with van der Waals surface area (Å²) in [6.07, 6.45) is 2.48. The molecule has 0 aliphatic carbocycles. The lowest BCUT2D eigenvalue weighted by Crippen LogP contribution is -2.20. The first-order valence-corrected chi connectivity index (χ1v) is 7.98. The highest BCUT2D eigenvalue weighted by molar-refractivity contribution is 5.26. The summed E-state index contributed by atoms with van der Waals surface area (Å²) in [5, 5.41) is 3.51. The molecule has 114 valence electrons. The molecule has 0 aliphatic heterocycles. The van der Waals surface area contributed by atoms with Gasteiger partial charge in [-0.2, -0.15) is 0 Å². The van der Waals surface area contributed by atoms with E-state index < -0.39 is 0 Å². The van der Waals surface area contributed by atoms with E-state index in [9.17, 15) is 0 Å². The predicted octanol–water partition coefficient (Wildman–Crippen LogP) is 4.39. The molecule has 2 heteroatoms. The zero-order valence-electron chi connectivity index (χ0n) is 13.6. The SMILES string of the molecule is CCCC(C)COCc1ccccc1CNCC(C)C. The number of hydrogen-bond acceptors (Lipinski definition) is 2. The normalized spacial score (nSPS) is 12.8. The predicted molar refractivity (Wildman–Crippen MR) is 86.7 cm³/mol. The molecule has 1 rings (SSSR count). The highest BCUT2D eigenvalue weighted by atomic mass is 16.5. The summed E-state index contributed by atoms with van der Waals surface area (Å²) in [5.74, 6) is 1.35. The second-order valence-electron chi connectivity index (χ2n) is 6.20. The van der Waals surface area contributed by atoms with Gasteiger partial charge in [-0.25, -0.2) is 0 Å². The van der Waals surface area contributed by atoms with Gasteiger partial charge < -0.3 is 10.1 Å². The Balaban J connectivity index is 2.40. The number of rotatable bonds is 10. The average Bonchev–Trinajstić information content (AvgIpc) is 2.40. The molecule has 0 saturated carbocycles. The van der Waals surface area contributed by atoms with Gasteiger partial charge in [0.15, 0.2) is 0 Å². The van der Waals surface area contributed by atoms with Crippen molar-refractivity contribution < 1.29 is 4.74 Å². The van der Waals surface area contributed by atoms with Gasteiger partial charge in [0.05, 0.1) is 6.61 Å². The maximum Gasteiger partial charge on any atom is 0.0720 e. The van der Waals surface area contributed by atoms with Crippen LogP contribution in [0.25, 0.3) is 0 Å². The topological polar surface area (TPSA) is 21.3 Å². The summed E-state index contributed by atoms with van der Waals surface area (Å²) >= 11 is 0. The molecule has 1 atom stereocenters. The van der Waals surface area contributed by atoms with Crippen LogP contribution in [0, 0.1) is 11.8 Å². The third-order valence-corrected chi connectivity index (χ3v) is 3.43. The zero-order valence-corrected chi connectivity index (χ0v) is 13.6. The summed E-state index contributed by atoms with van der Waals surface area (Å²) in [7, 11) is 0. The Morgan fingerprint density at radius 3 is 2.45 bits per heavy atom. The van der Waals surface area contributed by atoms with Crippen LogP contribution in [-0.2, 0) is 17.9 Å². The summed E-state index contributed by atoms with van der Waals surface area (Å²) in [5.41, 5.74) is 2.67. The van der Waals surface area contributed by atoms with Crippen LogP contribution in [0.15, 0.2) is 24.3 Å². The van der Waals surface area contributed by atoms with E-state index in [2.05, 4.69) is 57.3 Å². The molecule has 0 fully saturated rings. The Morgan fingerprint density at radius 1 is 1.10 bits per heavy atom. The largest absolute Gasteiger partial charge is 0.376 e. The second kappa shape index (κ2) is 9.95. The van der Waals surface area contributed by atoms with Gasteiger partial charge in [0.2, 0.25) is 0 Å². The van der Waals surface area contributed by atoms with Crippen molar-refractivity contribution in [3.63, 3.8) is 0 Å². The minimum Gasteiger partial charge on any atom is -0.376 e. The smallest absolute Gasteiger partial charge is 0.0720 e. The molecule has 0 spiro atoms. The van der Waals surface area contributed by atoms with Gasteiger partial charge in [0.1, 0.15) is 0 Å². The van der Waals surface area contributed by atoms with Crippen molar-refractivity contribution in [2.75, 3.05) is 13.2 Å². The fraction of sp³-hybridized carbons (Fsp3) is 0.667. The van der Waals surface area contributed by atoms with Gasteiger partial charge in [0, 0.05) is 13.2 Å².